The molecule has 11 heteroatoms. The minimum absolute atomic E-state index is 0.0230. The molecular formula is C40H41N3O8. The van der Waals surface area contributed by atoms with E-state index in [4.69, 9.17) is 9.84 Å². The van der Waals surface area contributed by atoms with Crippen molar-refractivity contribution >= 4 is 35.3 Å². The number of anilines is 1. The van der Waals surface area contributed by atoms with Crippen LogP contribution in [-0.2, 0) is 29.4 Å². The van der Waals surface area contributed by atoms with E-state index in [-0.39, 0.29) is 43.4 Å². The first kappa shape index (κ1) is 34.0. The van der Waals surface area contributed by atoms with Crippen molar-refractivity contribution in [3.8, 4) is 11.5 Å². The smallest absolute Gasteiger partial charge is 0.303 e. The number of carboxylic acids is 1. The first-order chi connectivity index (χ1) is 24.6. The maximum absolute atomic E-state index is 15.2. The number of nitrogens with zero attached hydrogens (tertiary/aromatic N) is 2. The number of ether oxygens (including phenoxy) is 1. The highest BCUT2D eigenvalue weighted by Gasteiger charge is 2.70. The third-order valence-corrected chi connectivity index (χ3v) is 11.3. The first-order valence-corrected chi connectivity index (χ1v) is 17.5. The van der Waals surface area contributed by atoms with Crippen molar-refractivity contribution in [2.45, 2.75) is 56.8 Å². The van der Waals surface area contributed by atoms with E-state index in [9.17, 15) is 24.3 Å². The number of aliphatic carboxylic acids is 1. The Morgan fingerprint density at radius 1 is 0.922 bits per heavy atom. The number of unbranched alkanes of at least 4 members (excludes halogenated alkanes) is 2. The molecule has 51 heavy (non-hydrogen) atoms. The lowest BCUT2D eigenvalue weighted by molar-refractivity contribution is -0.141. The summed E-state index contributed by atoms with van der Waals surface area (Å²) in [6.07, 6.45) is 3.90. The Hall–Kier alpha value is -5.45. The van der Waals surface area contributed by atoms with E-state index < -0.39 is 52.8 Å². The molecule has 7 rings (SSSR count). The largest absolute Gasteiger partial charge is 0.508 e. The Morgan fingerprint density at radius 3 is 2.35 bits per heavy atom. The summed E-state index contributed by atoms with van der Waals surface area (Å²) < 4.78 is 5.39. The molecule has 0 aromatic heterocycles. The van der Waals surface area contributed by atoms with Crippen LogP contribution in [0.2, 0.25) is 0 Å². The molecule has 3 N–H and O–H groups in total. The third-order valence-electron chi connectivity index (χ3n) is 11.3. The summed E-state index contributed by atoms with van der Waals surface area (Å²) in [4.78, 5) is 70.2. The van der Waals surface area contributed by atoms with E-state index in [0.29, 0.717) is 41.8 Å². The molecule has 0 unspecified atom stereocenters. The van der Waals surface area contributed by atoms with Crippen LogP contribution in [0.25, 0.3) is 0 Å². The van der Waals surface area contributed by atoms with Gasteiger partial charge in [0.05, 0.1) is 36.0 Å². The van der Waals surface area contributed by atoms with Gasteiger partial charge in [-0.05, 0) is 62.3 Å². The minimum atomic E-state index is -1.49. The molecule has 264 valence electrons. The van der Waals surface area contributed by atoms with Gasteiger partial charge in [-0.1, -0.05) is 72.2 Å². The van der Waals surface area contributed by atoms with Crippen molar-refractivity contribution in [1.82, 2.24) is 9.91 Å². The molecule has 0 spiro atoms. The molecule has 11 nitrogen and oxygen atoms in total. The Balaban J connectivity index is 1.35. The van der Waals surface area contributed by atoms with E-state index in [2.05, 4.69) is 5.43 Å². The van der Waals surface area contributed by atoms with Crippen molar-refractivity contribution in [2.75, 3.05) is 19.1 Å². The van der Waals surface area contributed by atoms with Crippen molar-refractivity contribution < 1.29 is 38.9 Å². The van der Waals surface area contributed by atoms with Gasteiger partial charge in [-0.25, -0.2) is 0 Å². The second-order valence-corrected chi connectivity index (χ2v) is 14.0. The highest BCUT2D eigenvalue weighted by Crippen LogP contribution is 2.65. The van der Waals surface area contributed by atoms with Gasteiger partial charge in [-0.2, -0.15) is 5.01 Å². The van der Waals surface area contributed by atoms with Crippen LogP contribution in [-0.4, -0.2) is 63.4 Å². The molecule has 2 saturated heterocycles. The number of imide groups is 2. The van der Waals surface area contributed by atoms with Crippen LogP contribution in [0, 0.1) is 30.6 Å². The molecule has 3 aromatic rings. The maximum Gasteiger partial charge on any atom is 0.303 e. The fourth-order valence-corrected chi connectivity index (χ4v) is 8.99. The minimum Gasteiger partial charge on any atom is -0.508 e. The van der Waals surface area contributed by atoms with E-state index >= 15 is 4.79 Å². The molecule has 4 aliphatic rings. The summed E-state index contributed by atoms with van der Waals surface area (Å²) in [7, 11) is 1.49. The van der Waals surface area contributed by atoms with Crippen LogP contribution in [0.15, 0.2) is 84.4 Å². The number of likely N-dealkylation sites (tertiary alicyclic amines) is 1. The van der Waals surface area contributed by atoms with Crippen LogP contribution in [0.1, 0.15) is 61.1 Å². The van der Waals surface area contributed by atoms with Crippen molar-refractivity contribution in [3.05, 3.63) is 101 Å². The zero-order valence-electron chi connectivity index (χ0n) is 28.6. The molecule has 0 radical (unpaired) electrons. The number of methoxy groups -OCH3 is 1. The molecule has 2 heterocycles. The van der Waals surface area contributed by atoms with Crippen LogP contribution >= 0.6 is 0 Å². The van der Waals surface area contributed by atoms with E-state index in [0.717, 1.165) is 16.1 Å². The number of phenols is 1. The van der Waals surface area contributed by atoms with Gasteiger partial charge in [0.1, 0.15) is 11.5 Å². The van der Waals surface area contributed by atoms with Gasteiger partial charge in [0.15, 0.2) is 0 Å². The quantitative estimate of drug-likeness (QED) is 0.137. The van der Waals surface area contributed by atoms with E-state index in [1.165, 1.54) is 18.1 Å². The van der Waals surface area contributed by atoms with Gasteiger partial charge >= 0.3 is 5.97 Å². The number of carbonyl (C=O) groups is 5. The zero-order valence-corrected chi connectivity index (χ0v) is 28.6. The lowest BCUT2D eigenvalue weighted by Gasteiger charge is -2.50. The number of phenolic OH excluding ortho intramolecular Hbond substituents is 1. The number of amides is 4. The summed E-state index contributed by atoms with van der Waals surface area (Å²) in [5, 5.41) is 21.7. The maximum atomic E-state index is 15.2. The van der Waals surface area contributed by atoms with Gasteiger partial charge in [0, 0.05) is 30.5 Å². The average molecular weight is 692 g/mol. The summed E-state index contributed by atoms with van der Waals surface area (Å²) in [5.74, 6) is -5.78. The number of carboxylic acid groups (broad SMARTS) is 1. The number of carbonyl (C=O) groups excluding carboxylic acids is 4. The third kappa shape index (κ3) is 5.55. The SMILES string of the molecule is COc1ccc([C@H]2C3=CC[C@@H]4C(=O)N(CCCCCC(=O)O)C(=O)[C@@H]4[C@@H]3C[C@H]3C(=O)N(Nc4ccc(C)cc4)C(=O)[C@@]23c2ccccc2)c(O)c1. The molecule has 4 amide bonds. The van der Waals surface area contributed by atoms with Gasteiger partial charge in [0.25, 0.3) is 11.8 Å². The summed E-state index contributed by atoms with van der Waals surface area (Å²) in [5.41, 5.74) is 4.94. The number of fused-ring (bicyclic) bond motifs is 4. The number of hydrogen-bond acceptors (Lipinski definition) is 8. The number of allylic oxidation sites excluding steroid dienone is 2. The second kappa shape index (κ2) is 13.4. The molecule has 3 fully saturated rings. The van der Waals surface area contributed by atoms with Gasteiger partial charge < -0.3 is 14.9 Å². The molecule has 3 aromatic carbocycles. The van der Waals surface area contributed by atoms with Crippen LogP contribution in [0.5, 0.6) is 11.5 Å². The monoisotopic (exact) mass is 691 g/mol. The van der Waals surface area contributed by atoms with Crippen molar-refractivity contribution in [3.63, 3.8) is 0 Å². The average Bonchev–Trinajstić information content (AvgIpc) is 3.50. The number of hydrazine groups is 1. The van der Waals surface area contributed by atoms with Gasteiger partial charge in [-0.15, -0.1) is 0 Å². The molecule has 0 bridgehead atoms. The Kier molecular flexibility index (Phi) is 8.91. The van der Waals surface area contributed by atoms with E-state index in [1.54, 1.807) is 24.3 Å². The Morgan fingerprint density at radius 2 is 1.67 bits per heavy atom. The van der Waals surface area contributed by atoms with Crippen LogP contribution in [0.4, 0.5) is 5.69 Å². The van der Waals surface area contributed by atoms with Gasteiger partial charge in [-0.3, -0.25) is 34.3 Å². The lowest BCUT2D eigenvalue weighted by Crippen LogP contribution is -2.53. The fourth-order valence-electron chi connectivity index (χ4n) is 8.99. The highest BCUT2D eigenvalue weighted by molar-refractivity contribution is 6.13. The Bertz CT molecular complexity index is 1930. The number of rotatable bonds is 11. The molecule has 2 aliphatic heterocycles. The number of hydrogen-bond donors (Lipinski definition) is 3. The first-order valence-electron chi connectivity index (χ1n) is 17.5. The standard InChI is InChI=1S/C40H41N3O8/c1-23-12-14-25(15-13-23)41-43-37(48)31-22-30-27(18-19-29-34(30)38(49)42(36(29)47)20-8-4-7-11-33(45)46)35(28-17-16-26(51-2)21-32(28)44)40(31,39(43)50)24-9-5-3-6-10-24/h3,5-6,9-10,12-18,21,29-31,34-35,41,44H,4,7-8,11,19-20,22H2,1-2H3,(H,45,46)/t29-,30+,31-,34-,35+,40+/m0/s1. The van der Waals surface area contributed by atoms with Crippen LogP contribution < -0.4 is 10.2 Å². The number of aryl methyl sites for hydroxylation is 1. The van der Waals surface area contributed by atoms with E-state index in [1.807, 2.05) is 55.5 Å². The number of benzene rings is 3. The van der Waals surface area contributed by atoms with Crippen molar-refractivity contribution in [2.24, 2.45) is 23.7 Å². The number of aromatic hydroxyl groups is 1. The zero-order chi connectivity index (χ0) is 36.0. The molecule has 2 aliphatic carbocycles. The topological polar surface area (TPSA) is 154 Å². The highest BCUT2D eigenvalue weighted by atomic mass is 16.5. The van der Waals surface area contributed by atoms with Crippen LogP contribution in [0.3, 0.4) is 0 Å². The second-order valence-electron chi connectivity index (χ2n) is 14.0. The predicted octanol–water partition coefficient (Wildman–Crippen LogP) is 5.34. The Labute approximate surface area is 295 Å². The molecule has 1 saturated carbocycles. The van der Waals surface area contributed by atoms with Crippen molar-refractivity contribution in [1.29, 1.82) is 0 Å². The molecular weight excluding hydrogens is 650 g/mol. The summed E-state index contributed by atoms with van der Waals surface area (Å²) in [6.45, 7) is 2.14. The fraction of sp³-hybridized carbons (Fsp3) is 0.375. The normalized spacial score (nSPS) is 26.8. The summed E-state index contributed by atoms with van der Waals surface area (Å²) >= 11 is 0. The number of nitrogens with one attached hydrogen (secondary N) is 1. The molecule has 6 atom stereocenters. The van der Waals surface area contributed by atoms with Gasteiger partial charge in [0.2, 0.25) is 11.8 Å². The lowest BCUT2D eigenvalue weighted by atomic mass is 9.49. The predicted molar refractivity (Wildman–Crippen MR) is 186 cm³/mol. The summed E-state index contributed by atoms with van der Waals surface area (Å²) in [6, 6.07) is 21.4.